The maximum absolute atomic E-state index is 13.5. The molecule has 0 amide bonds. The molecule has 1 aliphatic rings. The Morgan fingerprint density at radius 3 is 2.62 bits per heavy atom. The molecule has 0 bridgehead atoms. The molecule has 1 aliphatic carbocycles. The zero-order valence-corrected chi connectivity index (χ0v) is 8.10. The minimum atomic E-state index is -0.264. The lowest BCUT2D eigenvalue weighted by Crippen LogP contribution is -2.06. The molecule has 1 fully saturated rings. The molecule has 2 heteroatoms. The Kier molecular flexibility index (Phi) is 1.86. The maximum atomic E-state index is 13.5. The van der Waals surface area contributed by atoms with Gasteiger partial charge in [-0.05, 0) is 30.7 Å². The Bertz CT molecular complexity index is 329. The van der Waals surface area contributed by atoms with Gasteiger partial charge in [0, 0.05) is 11.3 Å². The van der Waals surface area contributed by atoms with Crippen LogP contribution in [0, 0.1) is 5.95 Å². The first-order chi connectivity index (χ1) is 6.15. The van der Waals surface area contributed by atoms with Crippen LogP contribution < -0.4 is 0 Å². The molecule has 0 radical (unpaired) electrons. The normalized spacial score (nSPS) is 18.7. The van der Waals surface area contributed by atoms with Crippen LogP contribution in [0.4, 0.5) is 4.39 Å². The van der Waals surface area contributed by atoms with Gasteiger partial charge in [-0.1, -0.05) is 19.9 Å². The number of hydrogen-bond donors (Lipinski definition) is 0. The van der Waals surface area contributed by atoms with E-state index < -0.39 is 0 Å². The van der Waals surface area contributed by atoms with Crippen molar-refractivity contribution >= 4 is 0 Å². The number of pyridine rings is 1. The summed E-state index contributed by atoms with van der Waals surface area (Å²) in [5.41, 5.74) is 1.72. The lowest BCUT2D eigenvalue weighted by atomic mass is 10.00. The van der Waals surface area contributed by atoms with E-state index >= 15 is 0 Å². The molecule has 1 saturated carbocycles. The molecule has 0 unspecified atom stereocenters. The number of aromatic nitrogens is 1. The van der Waals surface area contributed by atoms with Crippen LogP contribution >= 0.6 is 0 Å². The second-order valence-electron chi connectivity index (χ2n) is 4.06. The van der Waals surface area contributed by atoms with Crippen LogP contribution in [0.5, 0.6) is 0 Å². The van der Waals surface area contributed by atoms with Crippen molar-refractivity contribution in [2.24, 2.45) is 0 Å². The highest BCUT2D eigenvalue weighted by Crippen LogP contribution is 2.48. The molecular weight excluding hydrogens is 165 g/mol. The predicted octanol–water partition coefficient (Wildman–Crippen LogP) is 2.83. The van der Waals surface area contributed by atoms with E-state index in [4.69, 9.17) is 0 Å². The Morgan fingerprint density at radius 2 is 2.15 bits per heavy atom. The molecule has 0 aliphatic heterocycles. The third-order valence-corrected chi connectivity index (χ3v) is 2.92. The Labute approximate surface area is 78.0 Å². The van der Waals surface area contributed by atoms with Gasteiger partial charge in [0.05, 0.1) is 0 Å². The lowest BCUT2D eigenvalue weighted by Gasteiger charge is -2.09. The van der Waals surface area contributed by atoms with Gasteiger partial charge in [-0.25, -0.2) is 4.98 Å². The first kappa shape index (κ1) is 8.67. The smallest absolute Gasteiger partial charge is 0.216 e. The minimum absolute atomic E-state index is 0.0867. The molecule has 0 aromatic carbocycles. The second-order valence-corrected chi connectivity index (χ2v) is 4.06. The number of aryl methyl sites for hydroxylation is 1. The lowest BCUT2D eigenvalue weighted by molar-refractivity contribution is 0.541. The highest BCUT2D eigenvalue weighted by atomic mass is 19.1. The molecule has 2 rings (SSSR count). The molecule has 0 atom stereocenters. The fraction of sp³-hybridized carbons (Fsp3) is 0.545. The molecule has 1 aromatic heterocycles. The zero-order chi connectivity index (χ0) is 9.47. The largest absolute Gasteiger partial charge is 0.225 e. The van der Waals surface area contributed by atoms with E-state index in [2.05, 4.69) is 11.9 Å². The third kappa shape index (κ3) is 1.45. The summed E-state index contributed by atoms with van der Waals surface area (Å²) < 4.78 is 13.5. The quantitative estimate of drug-likeness (QED) is 0.636. The van der Waals surface area contributed by atoms with Crippen molar-refractivity contribution in [1.29, 1.82) is 0 Å². The molecule has 13 heavy (non-hydrogen) atoms. The maximum Gasteiger partial charge on any atom is 0.216 e. The average molecular weight is 179 g/mol. The topological polar surface area (TPSA) is 12.9 Å². The van der Waals surface area contributed by atoms with Crippen molar-refractivity contribution in [3.8, 4) is 0 Å². The van der Waals surface area contributed by atoms with E-state index in [1.54, 1.807) is 0 Å². The summed E-state index contributed by atoms with van der Waals surface area (Å²) >= 11 is 0. The van der Waals surface area contributed by atoms with Crippen LogP contribution in [0.3, 0.4) is 0 Å². The van der Waals surface area contributed by atoms with Gasteiger partial charge in [0.2, 0.25) is 5.95 Å². The monoisotopic (exact) mass is 179 g/mol. The van der Waals surface area contributed by atoms with Crippen molar-refractivity contribution in [3.05, 3.63) is 29.3 Å². The highest BCUT2D eigenvalue weighted by molar-refractivity contribution is 5.29. The summed E-state index contributed by atoms with van der Waals surface area (Å²) in [5.74, 6) is -0.264. The highest BCUT2D eigenvalue weighted by Gasteiger charge is 2.41. The number of rotatable bonds is 2. The van der Waals surface area contributed by atoms with E-state index in [-0.39, 0.29) is 11.4 Å². The molecule has 0 saturated heterocycles. The fourth-order valence-electron chi connectivity index (χ4n) is 1.58. The molecule has 0 N–H and O–H groups in total. The van der Waals surface area contributed by atoms with Crippen LogP contribution in [0.15, 0.2) is 12.1 Å². The molecule has 70 valence electrons. The number of hydrogen-bond acceptors (Lipinski definition) is 1. The van der Waals surface area contributed by atoms with Crippen LogP contribution in [-0.4, -0.2) is 4.98 Å². The zero-order valence-electron chi connectivity index (χ0n) is 8.10. The molecule has 1 aromatic rings. The minimum Gasteiger partial charge on any atom is -0.225 e. The number of nitrogens with zero attached hydrogens (tertiary/aromatic N) is 1. The SMILES string of the molecule is CCc1ccc(C2(C)CC2)c(F)n1. The van der Waals surface area contributed by atoms with Gasteiger partial charge < -0.3 is 0 Å². The van der Waals surface area contributed by atoms with Crippen molar-refractivity contribution in [2.45, 2.75) is 38.5 Å². The van der Waals surface area contributed by atoms with Crippen molar-refractivity contribution in [3.63, 3.8) is 0 Å². The van der Waals surface area contributed by atoms with Gasteiger partial charge in [-0.2, -0.15) is 4.39 Å². The van der Waals surface area contributed by atoms with Crippen molar-refractivity contribution in [1.82, 2.24) is 4.98 Å². The summed E-state index contributed by atoms with van der Waals surface area (Å²) in [4.78, 5) is 3.93. The van der Waals surface area contributed by atoms with Gasteiger partial charge in [0.1, 0.15) is 0 Å². The molecule has 1 heterocycles. The average Bonchev–Trinajstić information content (AvgIpc) is 2.84. The summed E-state index contributed by atoms with van der Waals surface area (Å²) in [5, 5.41) is 0. The Balaban J connectivity index is 2.38. The van der Waals surface area contributed by atoms with Crippen LogP contribution in [-0.2, 0) is 11.8 Å². The van der Waals surface area contributed by atoms with E-state index in [1.807, 2.05) is 19.1 Å². The molecular formula is C11H14FN. The summed E-state index contributed by atoms with van der Waals surface area (Å²) in [6.45, 7) is 4.08. The first-order valence-corrected chi connectivity index (χ1v) is 4.81. The number of halogens is 1. The van der Waals surface area contributed by atoms with Crippen LogP contribution in [0.25, 0.3) is 0 Å². The fourth-order valence-corrected chi connectivity index (χ4v) is 1.58. The van der Waals surface area contributed by atoms with Crippen molar-refractivity contribution < 1.29 is 4.39 Å². The Hall–Kier alpha value is -0.920. The second kappa shape index (κ2) is 2.79. The van der Waals surface area contributed by atoms with Gasteiger partial charge in [-0.15, -0.1) is 0 Å². The third-order valence-electron chi connectivity index (χ3n) is 2.92. The van der Waals surface area contributed by atoms with Gasteiger partial charge in [0.25, 0.3) is 0 Å². The molecule has 1 nitrogen and oxygen atoms in total. The van der Waals surface area contributed by atoms with E-state index in [9.17, 15) is 4.39 Å². The van der Waals surface area contributed by atoms with E-state index in [0.29, 0.717) is 0 Å². The van der Waals surface area contributed by atoms with Gasteiger partial charge in [0.15, 0.2) is 0 Å². The summed E-state index contributed by atoms with van der Waals surface area (Å²) in [6, 6.07) is 3.83. The summed E-state index contributed by atoms with van der Waals surface area (Å²) in [7, 11) is 0. The Morgan fingerprint density at radius 1 is 1.46 bits per heavy atom. The van der Waals surface area contributed by atoms with E-state index in [1.165, 1.54) is 0 Å². The van der Waals surface area contributed by atoms with E-state index in [0.717, 1.165) is 30.5 Å². The first-order valence-electron chi connectivity index (χ1n) is 4.81. The van der Waals surface area contributed by atoms with Crippen LogP contribution in [0.2, 0.25) is 0 Å². The van der Waals surface area contributed by atoms with Gasteiger partial charge >= 0.3 is 0 Å². The molecule has 0 spiro atoms. The summed E-state index contributed by atoms with van der Waals surface area (Å²) in [6.07, 6.45) is 2.99. The van der Waals surface area contributed by atoms with Crippen LogP contribution in [0.1, 0.15) is 37.9 Å². The predicted molar refractivity (Wildman–Crippen MR) is 50.2 cm³/mol. The van der Waals surface area contributed by atoms with Crippen molar-refractivity contribution in [2.75, 3.05) is 0 Å². The van der Waals surface area contributed by atoms with Gasteiger partial charge in [-0.3, -0.25) is 0 Å². The standard InChI is InChI=1S/C11H14FN/c1-3-8-4-5-9(10(12)13-8)11(2)6-7-11/h4-5H,3,6-7H2,1-2H3.